The molecule has 0 radical (unpaired) electrons. The van der Waals surface area contributed by atoms with E-state index in [0.717, 1.165) is 24.1 Å². The second-order valence-corrected chi connectivity index (χ2v) is 11.1. The molecule has 1 amide bonds. The van der Waals surface area contributed by atoms with Gasteiger partial charge in [0.15, 0.2) is 0 Å². The Bertz CT molecular complexity index is 1560. The predicted molar refractivity (Wildman–Crippen MR) is 163 cm³/mol. The van der Waals surface area contributed by atoms with Gasteiger partial charge in [-0.25, -0.2) is 9.78 Å². The summed E-state index contributed by atoms with van der Waals surface area (Å²) in [4.78, 5) is 38.5. The number of aryl methyl sites for hydroxylation is 1. The SMILES string of the molecule is C=C(C=N/C=C(\N)c1cc2cc[nH]c(=O)c2c(Nc2ccc(C3CCN(C(=O)OC(C)(C)C)CC3)c(C)c2)n1)OC. The molecule has 0 aliphatic carbocycles. The summed E-state index contributed by atoms with van der Waals surface area (Å²) < 4.78 is 10.5. The lowest BCUT2D eigenvalue weighted by Gasteiger charge is -2.34. The fourth-order valence-electron chi connectivity index (χ4n) is 4.82. The van der Waals surface area contributed by atoms with Gasteiger partial charge in [-0.3, -0.25) is 9.79 Å². The van der Waals surface area contributed by atoms with Gasteiger partial charge in [0.05, 0.1) is 36.3 Å². The Morgan fingerprint density at radius 3 is 2.63 bits per heavy atom. The number of piperidine rings is 1. The molecule has 3 aromatic rings. The number of pyridine rings is 2. The molecule has 2 aromatic heterocycles. The third-order valence-corrected chi connectivity index (χ3v) is 6.86. The molecule has 1 aliphatic heterocycles. The first kappa shape index (κ1) is 29.4. The van der Waals surface area contributed by atoms with Gasteiger partial charge in [0.2, 0.25) is 0 Å². The van der Waals surface area contributed by atoms with Crippen molar-refractivity contribution in [3.8, 4) is 0 Å². The Labute approximate surface area is 240 Å². The van der Waals surface area contributed by atoms with Crippen molar-refractivity contribution in [3.63, 3.8) is 0 Å². The van der Waals surface area contributed by atoms with E-state index in [1.54, 1.807) is 23.2 Å². The predicted octanol–water partition coefficient (Wildman–Crippen LogP) is 5.58. The number of anilines is 2. The van der Waals surface area contributed by atoms with Crippen LogP contribution in [0.25, 0.3) is 16.5 Å². The number of aliphatic imine (C=N–C) groups is 1. The van der Waals surface area contributed by atoms with Crippen molar-refractivity contribution < 1.29 is 14.3 Å². The number of nitrogens with zero attached hydrogens (tertiary/aromatic N) is 3. The average molecular weight is 559 g/mol. The highest BCUT2D eigenvalue weighted by Gasteiger charge is 2.28. The molecule has 0 atom stereocenters. The van der Waals surface area contributed by atoms with E-state index >= 15 is 0 Å². The Balaban J connectivity index is 1.55. The monoisotopic (exact) mass is 558 g/mol. The smallest absolute Gasteiger partial charge is 0.410 e. The lowest BCUT2D eigenvalue weighted by molar-refractivity contribution is 0.0205. The maximum absolute atomic E-state index is 12.8. The van der Waals surface area contributed by atoms with Gasteiger partial charge in [0.25, 0.3) is 5.56 Å². The highest BCUT2D eigenvalue weighted by Crippen LogP contribution is 2.33. The number of methoxy groups -OCH3 is 1. The number of hydrogen-bond acceptors (Lipinski definition) is 8. The molecule has 0 spiro atoms. The van der Waals surface area contributed by atoms with E-state index in [9.17, 15) is 9.59 Å². The van der Waals surface area contributed by atoms with Crippen LogP contribution < -0.4 is 16.6 Å². The van der Waals surface area contributed by atoms with Crippen LogP contribution in [0.3, 0.4) is 0 Å². The van der Waals surface area contributed by atoms with Gasteiger partial charge in [-0.05, 0) is 87.2 Å². The average Bonchev–Trinajstić information content (AvgIpc) is 2.92. The van der Waals surface area contributed by atoms with Crippen LogP contribution in [0.4, 0.5) is 16.3 Å². The molecule has 4 N–H and O–H groups in total. The van der Waals surface area contributed by atoms with E-state index in [2.05, 4.69) is 39.8 Å². The third kappa shape index (κ3) is 7.33. The Morgan fingerprint density at radius 2 is 1.98 bits per heavy atom. The highest BCUT2D eigenvalue weighted by atomic mass is 16.6. The number of carbonyl (C=O) groups is 1. The molecule has 1 aromatic carbocycles. The number of likely N-dealkylation sites (tertiary alicyclic amines) is 1. The first-order valence-electron chi connectivity index (χ1n) is 13.5. The molecule has 0 bridgehead atoms. The van der Waals surface area contributed by atoms with E-state index < -0.39 is 5.60 Å². The number of hydrogen-bond donors (Lipinski definition) is 3. The summed E-state index contributed by atoms with van der Waals surface area (Å²) in [6.07, 6.45) is 5.97. The molecule has 1 aliphatic rings. The lowest BCUT2D eigenvalue weighted by atomic mass is 9.87. The summed E-state index contributed by atoms with van der Waals surface area (Å²) in [5.74, 6) is 1.12. The number of H-pyrrole nitrogens is 1. The van der Waals surface area contributed by atoms with Crippen LogP contribution in [0.2, 0.25) is 0 Å². The van der Waals surface area contributed by atoms with Crippen molar-refractivity contribution in [3.05, 3.63) is 82.2 Å². The zero-order valence-corrected chi connectivity index (χ0v) is 24.3. The van der Waals surface area contributed by atoms with Gasteiger partial charge >= 0.3 is 6.09 Å². The number of benzene rings is 1. The fraction of sp³-hybridized carbons (Fsp3) is 0.355. The highest BCUT2D eigenvalue weighted by molar-refractivity contribution is 5.94. The van der Waals surface area contributed by atoms with Crippen molar-refractivity contribution in [2.45, 2.75) is 52.1 Å². The summed E-state index contributed by atoms with van der Waals surface area (Å²) in [7, 11) is 1.51. The molecule has 41 heavy (non-hydrogen) atoms. The summed E-state index contributed by atoms with van der Waals surface area (Å²) in [6.45, 7) is 12.7. The molecule has 0 unspecified atom stereocenters. The van der Waals surface area contributed by atoms with Gasteiger partial charge in [0, 0.05) is 25.0 Å². The van der Waals surface area contributed by atoms with Gasteiger partial charge < -0.3 is 30.4 Å². The third-order valence-electron chi connectivity index (χ3n) is 6.86. The number of rotatable bonds is 7. The number of amides is 1. The summed E-state index contributed by atoms with van der Waals surface area (Å²) in [5, 5.41) is 4.44. The first-order valence-corrected chi connectivity index (χ1v) is 13.5. The normalized spacial score (nSPS) is 14.9. The number of ether oxygens (including phenoxy) is 2. The number of fused-ring (bicyclic) bond motifs is 1. The van der Waals surface area contributed by atoms with Crippen LogP contribution in [0, 0.1) is 6.92 Å². The molecule has 1 saturated heterocycles. The second-order valence-electron chi connectivity index (χ2n) is 11.1. The van der Waals surface area contributed by atoms with E-state index in [-0.39, 0.29) is 11.7 Å². The van der Waals surface area contributed by atoms with Crippen LogP contribution >= 0.6 is 0 Å². The molecule has 10 nitrogen and oxygen atoms in total. The molecule has 3 heterocycles. The largest absolute Gasteiger partial charge is 0.496 e. The van der Waals surface area contributed by atoms with Crippen LogP contribution in [0.15, 0.2) is 64.9 Å². The van der Waals surface area contributed by atoms with Crippen LogP contribution in [-0.4, -0.2) is 53.0 Å². The van der Waals surface area contributed by atoms with Crippen molar-refractivity contribution in [2.75, 3.05) is 25.5 Å². The maximum atomic E-state index is 12.8. The van der Waals surface area contributed by atoms with Crippen molar-refractivity contribution >= 4 is 40.3 Å². The fourth-order valence-corrected chi connectivity index (χ4v) is 4.82. The molecular formula is C31H38N6O4. The molecule has 0 saturated carbocycles. The summed E-state index contributed by atoms with van der Waals surface area (Å²) in [6, 6.07) is 9.69. The second kappa shape index (κ2) is 12.3. The van der Waals surface area contributed by atoms with Gasteiger partial charge in [-0.2, -0.15) is 0 Å². The minimum Gasteiger partial charge on any atom is -0.496 e. The minimum absolute atomic E-state index is 0.258. The number of carbonyl (C=O) groups excluding carboxylic acids is 1. The van der Waals surface area contributed by atoms with E-state index in [1.165, 1.54) is 25.1 Å². The number of aromatic amines is 1. The lowest BCUT2D eigenvalue weighted by Crippen LogP contribution is -2.41. The van der Waals surface area contributed by atoms with E-state index in [4.69, 9.17) is 15.2 Å². The maximum Gasteiger partial charge on any atom is 0.410 e. The topological polar surface area (TPSA) is 135 Å². The molecule has 4 rings (SSSR count). The molecule has 10 heteroatoms. The van der Waals surface area contributed by atoms with E-state index in [0.29, 0.717) is 52.7 Å². The zero-order valence-electron chi connectivity index (χ0n) is 24.3. The number of nitrogens with two attached hydrogens (primary N) is 1. The molecule has 216 valence electrons. The van der Waals surface area contributed by atoms with Gasteiger partial charge in [-0.15, -0.1) is 0 Å². The number of allylic oxidation sites excluding steroid dienone is 1. The van der Waals surface area contributed by atoms with Crippen LogP contribution in [-0.2, 0) is 9.47 Å². The Hall–Kier alpha value is -4.60. The summed E-state index contributed by atoms with van der Waals surface area (Å²) >= 11 is 0. The van der Waals surface area contributed by atoms with Crippen molar-refractivity contribution in [1.29, 1.82) is 0 Å². The quantitative estimate of drug-likeness (QED) is 0.255. The number of aromatic nitrogens is 2. The minimum atomic E-state index is -0.506. The van der Waals surface area contributed by atoms with Crippen molar-refractivity contribution in [2.24, 2.45) is 10.7 Å². The standard InChI is InChI=1S/C31H38N6O4/c1-19-15-23(7-8-24(19)21-10-13-37(14-11-21)30(39)41-31(3,4)5)35-28-27-22(9-12-34-29(27)38)16-26(36-28)25(32)18-33-17-20(2)40-6/h7-9,12,15-18,21H,2,10-11,13-14,32H2,1,3-6H3,(H,34,38)(H,35,36)/b25-18-,33-17?. The van der Waals surface area contributed by atoms with E-state index in [1.807, 2.05) is 32.9 Å². The van der Waals surface area contributed by atoms with Crippen LogP contribution in [0.1, 0.15) is 56.4 Å². The first-order chi connectivity index (χ1) is 19.4. The Kier molecular flexibility index (Phi) is 8.80. The summed E-state index contributed by atoms with van der Waals surface area (Å²) in [5.41, 5.74) is 9.45. The number of nitrogens with one attached hydrogen (secondary N) is 2. The molecular weight excluding hydrogens is 520 g/mol. The molecule has 1 fully saturated rings. The Morgan fingerprint density at radius 1 is 1.24 bits per heavy atom. The van der Waals surface area contributed by atoms with Gasteiger partial charge in [0.1, 0.15) is 17.2 Å². The van der Waals surface area contributed by atoms with Crippen LogP contribution in [0.5, 0.6) is 0 Å². The van der Waals surface area contributed by atoms with Gasteiger partial charge in [-0.1, -0.05) is 12.6 Å². The van der Waals surface area contributed by atoms with Crippen molar-refractivity contribution in [1.82, 2.24) is 14.9 Å². The zero-order chi connectivity index (χ0) is 29.7.